The summed E-state index contributed by atoms with van der Waals surface area (Å²) in [4.78, 5) is 18.6. The van der Waals surface area contributed by atoms with E-state index in [1.165, 1.54) is 0 Å². The third kappa shape index (κ3) is 6.19. The number of guanidine groups is 1. The average Bonchev–Trinajstić information content (AvgIpc) is 2.99. The molecule has 1 saturated heterocycles. The van der Waals surface area contributed by atoms with Gasteiger partial charge in [-0.3, -0.25) is 0 Å². The normalized spacial score (nSPS) is 15.9. The lowest BCUT2D eigenvalue weighted by Gasteiger charge is -2.40. The molecule has 1 aliphatic rings. The summed E-state index contributed by atoms with van der Waals surface area (Å²) in [6.45, 7) is 11.1. The second kappa shape index (κ2) is 9.36. The highest BCUT2D eigenvalue weighted by atomic mass is 16.6. The topological polar surface area (TPSA) is 96.7 Å². The van der Waals surface area contributed by atoms with E-state index in [1.807, 2.05) is 57.5 Å². The number of amides is 1. The number of aryl methyl sites for hydroxylation is 1. The summed E-state index contributed by atoms with van der Waals surface area (Å²) in [6.07, 6.45) is -0.288. The average molecular weight is 428 g/mol. The van der Waals surface area contributed by atoms with E-state index >= 15 is 0 Å². The number of hydrogen-bond donors (Lipinski definition) is 2. The van der Waals surface area contributed by atoms with E-state index in [4.69, 9.17) is 9.73 Å². The number of carbonyl (C=O) groups is 1. The van der Waals surface area contributed by atoms with Gasteiger partial charge in [-0.2, -0.15) is 0 Å². The molecule has 9 nitrogen and oxygen atoms in total. The van der Waals surface area contributed by atoms with Crippen LogP contribution in [-0.2, 0) is 18.3 Å². The quantitative estimate of drug-likeness (QED) is 0.562. The maximum atomic E-state index is 12.2. The molecular formula is C22H33N7O2. The summed E-state index contributed by atoms with van der Waals surface area (Å²) in [7, 11) is 1.93. The molecular weight excluding hydrogens is 394 g/mol. The number of carbonyl (C=O) groups excluding carboxylic acids is 1. The van der Waals surface area contributed by atoms with Gasteiger partial charge in [0.2, 0.25) is 0 Å². The Morgan fingerprint density at radius 1 is 1.26 bits per heavy atom. The second-order valence-electron chi connectivity index (χ2n) is 8.89. The van der Waals surface area contributed by atoms with Crippen molar-refractivity contribution in [2.45, 2.75) is 58.8 Å². The van der Waals surface area contributed by atoms with Crippen molar-refractivity contribution in [2.24, 2.45) is 12.0 Å². The van der Waals surface area contributed by atoms with Crippen LogP contribution < -0.4 is 10.6 Å². The van der Waals surface area contributed by atoms with E-state index in [-0.39, 0.29) is 18.2 Å². The van der Waals surface area contributed by atoms with Crippen molar-refractivity contribution in [2.75, 3.05) is 13.1 Å². The Kier molecular flexibility index (Phi) is 6.82. The number of ether oxygens (including phenoxy) is 1. The van der Waals surface area contributed by atoms with Crippen LogP contribution in [-0.4, -0.2) is 56.4 Å². The van der Waals surface area contributed by atoms with Crippen molar-refractivity contribution in [3.63, 3.8) is 0 Å². The van der Waals surface area contributed by atoms with Gasteiger partial charge < -0.3 is 24.8 Å². The maximum absolute atomic E-state index is 12.2. The van der Waals surface area contributed by atoms with Crippen molar-refractivity contribution < 1.29 is 9.53 Å². The first-order valence-electron chi connectivity index (χ1n) is 10.6. The molecule has 2 N–H and O–H groups in total. The van der Waals surface area contributed by atoms with E-state index in [0.717, 1.165) is 17.2 Å². The maximum Gasteiger partial charge on any atom is 0.410 e. The molecule has 1 amide bonds. The number of nitrogens with one attached hydrogen (secondary N) is 2. The minimum absolute atomic E-state index is 0.0655. The molecule has 1 atom stereocenters. The van der Waals surface area contributed by atoms with Gasteiger partial charge in [0.25, 0.3) is 0 Å². The molecule has 1 fully saturated rings. The molecule has 1 aromatic carbocycles. The molecule has 9 heteroatoms. The molecule has 0 bridgehead atoms. The SMILES string of the molecule is Cc1nnc(CN=C(NC2CN(C(=O)OC(C)(C)C)C2)NC(C)c2ccccc2)n1C. The highest BCUT2D eigenvalue weighted by Gasteiger charge is 2.34. The number of rotatable bonds is 5. The third-order valence-corrected chi connectivity index (χ3v) is 5.09. The summed E-state index contributed by atoms with van der Waals surface area (Å²) in [6, 6.07) is 10.4. The molecule has 0 saturated carbocycles. The summed E-state index contributed by atoms with van der Waals surface area (Å²) in [5.74, 6) is 2.30. The molecule has 1 unspecified atom stereocenters. The largest absolute Gasteiger partial charge is 0.444 e. The molecule has 2 heterocycles. The van der Waals surface area contributed by atoms with Crippen molar-refractivity contribution in [1.82, 2.24) is 30.3 Å². The Morgan fingerprint density at radius 2 is 1.94 bits per heavy atom. The molecule has 1 aliphatic heterocycles. The first-order chi connectivity index (χ1) is 14.6. The molecule has 0 spiro atoms. The molecule has 1 aromatic heterocycles. The third-order valence-electron chi connectivity index (χ3n) is 5.09. The smallest absolute Gasteiger partial charge is 0.410 e. The summed E-state index contributed by atoms with van der Waals surface area (Å²) in [5, 5.41) is 15.2. The Morgan fingerprint density at radius 3 is 2.52 bits per heavy atom. The molecule has 2 aromatic rings. The van der Waals surface area contributed by atoms with Gasteiger partial charge >= 0.3 is 6.09 Å². The van der Waals surface area contributed by atoms with E-state index in [0.29, 0.717) is 25.6 Å². The Bertz CT molecular complexity index is 912. The van der Waals surface area contributed by atoms with Crippen molar-refractivity contribution in [3.8, 4) is 0 Å². The highest BCUT2D eigenvalue weighted by molar-refractivity contribution is 5.81. The number of hydrogen-bond acceptors (Lipinski definition) is 5. The fourth-order valence-corrected chi connectivity index (χ4v) is 3.14. The minimum Gasteiger partial charge on any atom is -0.444 e. The first kappa shape index (κ1) is 22.6. The number of nitrogens with zero attached hydrogens (tertiary/aromatic N) is 5. The van der Waals surface area contributed by atoms with Crippen LogP contribution in [0.1, 0.15) is 50.9 Å². The Hall–Kier alpha value is -3.10. The van der Waals surface area contributed by atoms with E-state index < -0.39 is 5.60 Å². The van der Waals surface area contributed by atoms with Gasteiger partial charge in [-0.25, -0.2) is 9.79 Å². The first-order valence-corrected chi connectivity index (χ1v) is 10.6. The zero-order valence-electron chi connectivity index (χ0n) is 19.2. The van der Waals surface area contributed by atoms with Crippen LogP contribution in [0.2, 0.25) is 0 Å². The van der Waals surface area contributed by atoms with Gasteiger partial charge in [-0.05, 0) is 40.2 Å². The molecule has 0 aliphatic carbocycles. The number of benzene rings is 1. The zero-order chi connectivity index (χ0) is 22.6. The lowest BCUT2D eigenvalue weighted by Crippen LogP contribution is -2.63. The van der Waals surface area contributed by atoms with E-state index in [2.05, 4.69) is 39.9 Å². The lowest BCUT2D eigenvalue weighted by atomic mass is 10.1. The van der Waals surface area contributed by atoms with Gasteiger partial charge in [0.05, 0.1) is 12.1 Å². The minimum atomic E-state index is -0.497. The monoisotopic (exact) mass is 427 g/mol. The predicted molar refractivity (Wildman–Crippen MR) is 120 cm³/mol. The van der Waals surface area contributed by atoms with Crippen LogP contribution in [0.15, 0.2) is 35.3 Å². The zero-order valence-corrected chi connectivity index (χ0v) is 19.2. The molecule has 31 heavy (non-hydrogen) atoms. The fraction of sp³-hybridized carbons (Fsp3) is 0.545. The predicted octanol–water partition coefficient (Wildman–Crippen LogP) is 2.54. The van der Waals surface area contributed by atoms with Crippen molar-refractivity contribution in [1.29, 1.82) is 0 Å². The van der Waals surface area contributed by atoms with Gasteiger partial charge in [-0.15, -0.1) is 10.2 Å². The summed E-state index contributed by atoms with van der Waals surface area (Å²) >= 11 is 0. The number of aromatic nitrogens is 3. The Balaban J connectivity index is 1.64. The lowest BCUT2D eigenvalue weighted by molar-refractivity contribution is 0.00699. The fourth-order valence-electron chi connectivity index (χ4n) is 3.14. The van der Waals surface area contributed by atoms with Crippen molar-refractivity contribution in [3.05, 3.63) is 47.5 Å². The molecule has 168 valence electrons. The number of likely N-dealkylation sites (tertiary alicyclic amines) is 1. The van der Waals surface area contributed by atoms with Gasteiger partial charge in [0.1, 0.15) is 18.0 Å². The van der Waals surface area contributed by atoms with Gasteiger partial charge in [0.15, 0.2) is 11.8 Å². The van der Waals surface area contributed by atoms with Crippen molar-refractivity contribution >= 4 is 12.1 Å². The van der Waals surface area contributed by atoms with Crippen LogP contribution in [0.4, 0.5) is 4.79 Å². The number of aliphatic imine (C=N–C) groups is 1. The van der Waals surface area contributed by atoms with E-state index in [1.54, 1.807) is 4.90 Å². The van der Waals surface area contributed by atoms with Crippen LogP contribution in [0.5, 0.6) is 0 Å². The van der Waals surface area contributed by atoms with Crippen LogP contribution in [0.3, 0.4) is 0 Å². The van der Waals surface area contributed by atoms with Crippen LogP contribution in [0, 0.1) is 6.92 Å². The van der Waals surface area contributed by atoms with Crippen LogP contribution >= 0.6 is 0 Å². The van der Waals surface area contributed by atoms with Crippen LogP contribution in [0.25, 0.3) is 0 Å². The van der Waals surface area contributed by atoms with Gasteiger partial charge in [0, 0.05) is 20.1 Å². The van der Waals surface area contributed by atoms with E-state index in [9.17, 15) is 4.79 Å². The molecule has 0 radical (unpaired) electrons. The van der Waals surface area contributed by atoms with Gasteiger partial charge in [-0.1, -0.05) is 30.3 Å². The molecule has 3 rings (SSSR count). The summed E-state index contributed by atoms with van der Waals surface area (Å²) in [5.41, 5.74) is 0.666. The second-order valence-corrected chi connectivity index (χ2v) is 8.89. The standard InChI is InChI=1S/C22H33N7O2/c1-15(17-10-8-7-9-11-17)24-20(23-12-19-27-26-16(2)28(19)6)25-18-13-29(14-18)21(30)31-22(3,4)5/h7-11,15,18H,12-14H2,1-6H3,(H2,23,24,25). The summed E-state index contributed by atoms with van der Waals surface area (Å²) < 4.78 is 7.36. The highest BCUT2D eigenvalue weighted by Crippen LogP contribution is 2.16. The Labute approximate surface area is 183 Å².